The highest BCUT2D eigenvalue weighted by molar-refractivity contribution is 5.67. The smallest absolute Gasteiger partial charge is 0.303 e. The van der Waals surface area contributed by atoms with Crippen molar-refractivity contribution in [2.45, 2.75) is 44.6 Å². The zero-order valence-corrected chi connectivity index (χ0v) is 11.9. The van der Waals surface area contributed by atoms with Gasteiger partial charge in [0.05, 0.1) is 6.61 Å². The lowest BCUT2D eigenvalue weighted by Gasteiger charge is -2.42. The maximum absolute atomic E-state index is 11.2. The van der Waals surface area contributed by atoms with Crippen LogP contribution in [-0.2, 0) is 33.3 Å². The number of hydrogen-bond donors (Lipinski definition) is 1. The summed E-state index contributed by atoms with van der Waals surface area (Å²) in [5.41, 5.74) is 0. The summed E-state index contributed by atoms with van der Waals surface area (Å²) in [7, 11) is 2.81. The molecule has 8 nitrogen and oxygen atoms in total. The maximum Gasteiger partial charge on any atom is 0.303 e. The number of carbonyl (C=O) groups excluding carboxylic acids is 2. The molecule has 8 heteroatoms. The van der Waals surface area contributed by atoms with Crippen molar-refractivity contribution >= 4 is 11.9 Å². The number of ether oxygens (including phenoxy) is 5. The third-order valence-corrected chi connectivity index (χ3v) is 2.82. The first kappa shape index (κ1) is 16.8. The van der Waals surface area contributed by atoms with Gasteiger partial charge in [-0.15, -0.1) is 0 Å². The molecular weight excluding hydrogens is 272 g/mol. The highest BCUT2D eigenvalue weighted by Crippen LogP contribution is 2.27. The third-order valence-electron chi connectivity index (χ3n) is 2.82. The molecule has 1 aliphatic rings. The number of hydrogen-bond acceptors (Lipinski definition) is 8. The second kappa shape index (κ2) is 7.53. The number of esters is 2. The van der Waals surface area contributed by atoms with Crippen LogP contribution in [0.2, 0.25) is 0 Å². The maximum atomic E-state index is 11.2. The third kappa shape index (κ3) is 4.14. The SMILES string of the molecule is COCC1OC(O)C(OC(C)=O)C(OC)C1OC(C)=O. The van der Waals surface area contributed by atoms with Crippen LogP contribution in [0.5, 0.6) is 0 Å². The van der Waals surface area contributed by atoms with Crippen LogP contribution in [0.3, 0.4) is 0 Å². The Bertz CT molecular complexity index is 344. The van der Waals surface area contributed by atoms with E-state index in [4.69, 9.17) is 23.7 Å². The Kier molecular flexibility index (Phi) is 6.34. The minimum atomic E-state index is -1.39. The van der Waals surface area contributed by atoms with Crippen LogP contribution in [0, 0.1) is 0 Å². The molecule has 0 aromatic rings. The first-order valence-corrected chi connectivity index (χ1v) is 6.10. The summed E-state index contributed by atoms with van der Waals surface area (Å²) in [6, 6.07) is 0. The van der Waals surface area contributed by atoms with E-state index in [1.54, 1.807) is 0 Å². The van der Waals surface area contributed by atoms with E-state index in [1.807, 2.05) is 0 Å². The number of aliphatic hydroxyl groups excluding tert-OH is 1. The van der Waals surface area contributed by atoms with Gasteiger partial charge in [0.15, 0.2) is 18.5 Å². The fourth-order valence-corrected chi connectivity index (χ4v) is 2.11. The van der Waals surface area contributed by atoms with Crippen molar-refractivity contribution < 1.29 is 38.4 Å². The molecule has 0 bridgehead atoms. The van der Waals surface area contributed by atoms with Gasteiger partial charge in [0.25, 0.3) is 0 Å². The average molecular weight is 292 g/mol. The molecule has 116 valence electrons. The van der Waals surface area contributed by atoms with E-state index >= 15 is 0 Å². The van der Waals surface area contributed by atoms with Crippen LogP contribution in [0.1, 0.15) is 13.8 Å². The summed E-state index contributed by atoms with van der Waals surface area (Å²) < 4.78 is 25.6. The van der Waals surface area contributed by atoms with E-state index in [0.29, 0.717) is 0 Å². The van der Waals surface area contributed by atoms with Gasteiger partial charge in [-0.05, 0) is 0 Å². The van der Waals surface area contributed by atoms with Crippen molar-refractivity contribution in [2.24, 2.45) is 0 Å². The Morgan fingerprint density at radius 1 is 1.05 bits per heavy atom. The molecule has 0 aliphatic carbocycles. The normalized spacial score (nSPS) is 33.5. The molecule has 1 fully saturated rings. The first-order valence-electron chi connectivity index (χ1n) is 6.10. The fraction of sp³-hybridized carbons (Fsp3) is 0.833. The minimum Gasteiger partial charge on any atom is -0.457 e. The second-order valence-electron chi connectivity index (χ2n) is 4.37. The number of methoxy groups -OCH3 is 2. The van der Waals surface area contributed by atoms with E-state index < -0.39 is 42.6 Å². The Morgan fingerprint density at radius 3 is 2.05 bits per heavy atom. The van der Waals surface area contributed by atoms with Gasteiger partial charge in [-0.2, -0.15) is 0 Å². The van der Waals surface area contributed by atoms with E-state index in [0.717, 1.165) is 0 Å². The molecule has 1 N–H and O–H groups in total. The standard InChI is InChI=1S/C12H20O8/c1-6(13)18-9-8(5-16-3)20-12(15)11(10(9)17-4)19-7(2)14/h8-12,15H,5H2,1-4H3. The predicted octanol–water partition coefficient (Wildman–Crippen LogP) is -0.772. The number of carbonyl (C=O) groups is 2. The van der Waals surface area contributed by atoms with Gasteiger partial charge in [-0.1, -0.05) is 0 Å². The van der Waals surface area contributed by atoms with Crippen LogP contribution in [0.25, 0.3) is 0 Å². The number of aliphatic hydroxyl groups is 1. The van der Waals surface area contributed by atoms with Crippen molar-refractivity contribution in [2.75, 3.05) is 20.8 Å². The van der Waals surface area contributed by atoms with Crippen LogP contribution in [0.15, 0.2) is 0 Å². The first-order chi connectivity index (χ1) is 9.40. The van der Waals surface area contributed by atoms with Crippen LogP contribution < -0.4 is 0 Å². The Balaban J connectivity index is 2.96. The van der Waals surface area contributed by atoms with Crippen LogP contribution in [-0.4, -0.2) is 68.6 Å². The molecule has 0 amide bonds. The van der Waals surface area contributed by atoms with E-state index in [9.17, 15) is 14.7 Å². The largest absolute Gasteiger partial charge is 0.457 e. The molecule has 1 rings (SSSR count). The van der Waals surface area contributed by atoms with E-state index in [1.165, 1.54) is 28.1 Å². The minimum absolute atomic E-state index is 0.0850. The van der Waals surface area contributed by atoms with Gasteiger partial charge in [-0.3, -0.25) is 9.59 Å². The zero-order valence-electron chi connectivity index (χ0n) is 11.9. The predicted molar refractivity (Wildman–Crippen MR) is 64.7 cm³/mol. The quantitative estimate of drug-likeness (QED) is 0.659. The Labute approximate surface area is 116 Å². The van der Waals surface area contributed by atoms with Gasteiger partial charge in [-0.25, -0.2) is 0 Å². The second-order valence-corrected chi connectivity index (χ2v) is 4.37. The highest BCUT2D eigenvalue weighted by atomic mass is 16.7. The fourth-order valence-electron chi connectivity index (χ4n) is 2.11. The van der Waals surface area contributed by atoms with Gasteiger partial charge >= 0.3 is 11.9 Å². The zero-order chi connectivity index (χ0) is 15.3. The van der Waals surface area contributed by atoms with Crippen LogP contribution in [0.4, 0.5) is 0 Å². The lowest BCUT2D eigenvalue weighted by Crippen LogP contribution is -2.61. The van der Waals surface area contributed by atoms with Gasteiger partial charge in [0.1, 0.15) is 12.2 Å². The molecule has 1 aliphatic heterocycles. The van der Waals surface area contributed by atoms with Gasteiger partial charge in [0.2, 0.25) is 0 Å². The molecule has 5 unspecified atom stereocenters. The summed E-state index contributed by atoms with van der Waals surface area (Å²) in [5.74, 6) is -1.15. The molecule has 1 saturated heterocycles. The van der Waals surface area contributed by atoms with Crippen molar-refractivity contribution in [1.29, 1.82) is 0 Å². The van der Waals surface area contributed by atoms with Crippen molar-refractivity contribution in [1.82, 2.24) is 0 Å². The highest BCUT2D eigenvalue weighted by Gasteiger charge is 2.49. The van der Waals surface area contributed by atoms with Crippen molar-refractivity contribution in [3.63, 3.8) is 0 Å². The molecule has 1 heterocycles. The van der Waals surface area contributed by atoms with Crippen molar-refractivity contribution in [3.05, 3.63) is 0 Å². The van der Waals surface area contributed by atoms with Gasteiger partial charge in [0, 0.05) is 28.1 Å². The summed E-state index contributed by atoms with van der Waals surface area (Å²) in [5, 5.41) is 9.89. The monoisotopic (exact) mass is 292 g/mol. The van der Waals surface area contributed by atoms with Gasteiger partial charge < -0.3 is 28.8 Å². The molecule has 0 aromatic heterocycles. The average Bonchev–Trinajstić information content (AvgIpc) is 2.34. The lowest BCUT2D eigenvalue weighted by molar-refractivity contribution is -0.297. The summed E-state index contributed by atoms with van der Waals surface area (Å²) >= 11 is 0. The van der Waals surface area contributed by atoms with Crippen molar-refractivity contribution in [3.8, 4) is 0 Å². The molecule has 20 heavy (non-hydrogen) atoms. The summed E-state index contributed by atoms with van der Waals surface area (Å²) in [6.45, 7) is 2.52. The number of rotatable bonds is 5. The molecule has 0 radical (unpaired) electrons. The van der Waals surface area contributed by atoms with E-state index in [2.05, 4.69) is 0 Å². The molecule has 5 atom stereocenters. The van der Waals surface area contributed by atoms with E-state index in [-0.39, 0.29) is 6.61 Å². The Hall–Kier alpha value is -1.22. The molecular formula is C12H20O8. The summed E-state index contributed by atoms with van der Waals surface area (Å²) in [6.07, 6.45) is -4.92. The molecule has 0 saturated carbocycles. The molecule has 0 spiro atoms. The lowest BCUT2D eigenvalue weighted by atomic mass is 9.98. The van der Waals surface area contributed by atoms with Crippen LogP contribution >= 0.6 is 0 Å². The summed E-state index contributed by atoms with van der Waals surface area (Å²) in [4.78, 5) is 22.3. The molecule has 0 aromatic carbocycles. The topological polar surface area (TPSA) is 101 Å². The Morgan fingerprint density at radius 2 is 1.60 bits per heavy atom.